The molecule has 0 aliphatic carbocycles. The molecule has 2 N–H and O–H groups in total. The zero-order valence-corrected chi connectivity index (χ0v) is 20.1. The largest absolute Gasteiger partial charge is 0.481 e. The normalized spacial score (nSPS) is 14.3. The van der Waals surface area contributed by atoms with E-state index in [9.17, 15) is 14.4 Å². The predicted octanol–water partition coefficient (Wildman–Crippen LogP) is 3.15. The summed E-state index contributed by atoms with van der Waals surface area (Å²) in [5, 5.41) is 14.4. The summed E-state index contributed by atoms with van der Waals surface area (Å²) in [6, 6.07) is -0.416. The van der Waals surface area contributed by atoms with E-state index in [0.29, 0.717) is 47.8 Å². The second kappa shape index (κ2) is 9.92. The van der Waals surface area contributed by atoms with Crippen molar-refractivity contribution in [1.29, 1.82) is 0 Å². The van der Waals surface area contributed by atoms with Gasteiger partial charge in [-0.15, -0.1) is 11.3 Å². The number of urea groups is 1. The standard InChI is InChI=1S/C20H27N5O5S2/c1-12-15(13-11-31-16(22-13)17(28)24-7-9-30-10-8-24)32-18(21-12)23-19(29)25(20(2,3)4)6-5-14(26)27/h11H,5-10H2,1-4H3,(H,26,27)(H,21,23,29). The number of carboxylic acids is 1. The number of ether oxygens (including phenoxy) is 1. The van der Waals surface area contributed by atoms with Gasteiger partial charge in [0.15, 0.2) is 10.1 Å². The molecule has 0 aromatic carbocycles. The zero-order chi connectivity index (χ0) is 23.5. The topological polar surface area (TPSA) is 125 Å². The van der Waals surface area contributed by atoms with Gasteiger partial charge < -0.3 is 19.6 Å². The van der Waals surface area contributed by atoms with Crippen LogP contribution in [0.25, 0.3) is 10.6 Å². The number of nitrogens with one attached hydrogen (secondary N) is 1. The maximum Gasteiger partial charge on any atom is 0.324 e. The lowest BCUT2D eigenvalue weighted by molar-refractivity contribution is -0.137. The summed E-state index contributed by atoms with van der Waals surface area (Å²) >= 11 is 2.55. The fourth-order valence-electron chi connectivity index (χ4n) is 3.17. The number of carbonyl (C=O) groups is 3. The number of carboxylic acid groups (broad SMARTS) is 1. The lowest BCUT2D eigenvalue weighted by atomic mass is 10.1. The second-order valence-electron chi connectivity index (χ2n) is 8.27. The number of rotatable bonds is 6. The van der Waals surface area contributed by atoms with Crippen LogP contribution in [0.1, 0.15) is 42.7 Å². The number of thiazole rings is 2. The highest BCUT2D eigenvalue weighted by Crippen LogP contribution is 2.34. The van der Waals surface area contributed by atoms with Gasteiger partial charge >= 0.3 is 12.0 Å². The number of aromatic nitrogens is 2. The molecule has 174 valence electrons. The van der Waals surface area contributed by atoms with Crippen molar-refractivity contribution in [2.75, 3.05) is 38.2 Å². The van der Waals surface area contributed by atoms with Crippen molar-refractivity contribution in [3.8, 4) is 10.6 Å². The summed E-state index contributed by atoms with van der Waals surface area (Å²) in [5.41, 5.74) is 0.771. The molecule has 2 aromatic rings. The lowest BCUT2D eigenvalue weighted by Gasteiger charge is -2.35. The third-order valence-electron chi connectivity index (χ3n) is 4.83. The van der Waals surface area contributed by atoms with Gasteiger partial charge in [-0.05, 0) is 27.7 Å². The van der Waals surface area contributed by atoms with Crippen LogP contribution in [-0.2, 0) is 9.53 Å². The Kier molecular flexibility index (Phi) is 7.47. The molecule has 0 bridgehead atoms. The average Bonchev–Trinajstić information content (AvgIpc) is 3.33. The van der Waals surface area contributed by atoms with E-state index < -0.39 is 17.5 Å². The Balaban J connectivity index is 1.73. The lowest BCUT2D eigenvalue weighted by Crippen LogP contribution is -2.48. The molecule has 0 unspecified atom stereocenters. The van der Waals surface area contributed by atoms with Crippen LogP contribution in [0.15, 0.2) is 5.38 Å². The number of anilines is 1. The Morgan fingerprint density at radius 3 is 2.56 bits per heavy atom. The van der Waals surface area contributed by atoms with Gasteiger partial charge in [0.1, 0.15) is 0 Å². The van der Waals surface area contributed by atoms with Crippen LogP contribution in [0.4, 0.5) is 9.93 Å². The molecule has 1 aliphatic rings. The minimum Gasteiger partial charge on any atom is -0.481 e. The van der Waals surface area contributed by atoms with Gasteiger partial charge in [0, 0.05) is 30.6 Å². The third kappa shape index (κ3) is 5.81. The Hall–Kier alpha value is -2.57. The number of nitrogens with zero attached hydrogens (tertiary/aromatic N) is 4. The molecular formula is C20H27N5O5S2. The van der Waals surface area contributed by atoms with Crippen LogP contribution in [-0.4, -0.2) is 81.2 Å². The smallest absolute Gasteiger partial charge is 0.324 e. The summed E-state index contributed by atoms with van der Waals surface area (Å²) in [6.07, 6.45) is -0.147. The monoisotopic (exact) mass is 481 g/mol. The molecule has 32 heavy (non-hydrogen) atoms. The van der Waals surface area contributed by atoms with Crippen molar-refractivity contribution in [1.82, 2.24) is 19.8 Å². The molecule has 12 heteroatoms. The molecule has 3 rings (SSSR count). The molecule has 1 saturated heterocycles. The highest BCUT2D eigenvalue weighted by Gasteiger charge is 2.28. The van der Waals surface area contributed by atoms with Gasteiger partial charge in [-0.1, -0.05) is 11.3 Å². The van der Waals surface area contributed by atoms with Crippen LogP contribution in [0.2, 0.25) is 0 Å². The van der Waals surface area contributed by atoms with Crippen LogP contribution < -0.4 is 5.32 Å². The van der Waals surface area contributed by atoms with Gasteiger partial charge in [-0.25, -0.2) is 14.8 Å². The maximum absolute atomic E-state index is 12.8. The Morgan fingerprint density at radius 2 is 1.94 bits per heavy atom. The molecule has 0 atom stereocenters. The number of amides is 3. The third-order valence-corrected chi connectivity index (χ3v) is 6.76. The summed E-state index contributed by atoms with van der Waals surface area (Å²) < 4.78 is 5.29. The quantitative estimate of drug-likeness (QED) is 0.649. The highest BCUT2D eigenvalue weighted by atomic mass is 32.1. The molecule has 10 nitrogen and oxygen atoms in total. The van der Waals surface area contributed by atoms with E-state index in [4.69, 9.17) is 9.84 Å². The van der Waals surface area contributed by atoms with Crippen molar-refractivity contribution < 1.29 is 24.2 Å². The number of aliphatic carboxylic acids is 1. The predicted molar refractivity (Wildman–Crippen MR) is 122 cm³/mol. The van der Waals surface area contributed by atoms with E-state index in [0.717, 1.165) is 4.88 Å². The number of morpholine rings is 1. The number of carbonyl (C=O) groups excluding carboxylic acids is 2. The molecule has 3 heterocycles. The summed E-state index contributed by atoms with van der Waals surface area (Å²) in [7, 11) is 0. The van der Waals surface area contributed by atoms with E-state index in [2.05, 4.69) is 15.3 Å². The van der Waals surface area contributed by atoms with Gasteiger partial charge in [-0.2, -0.15) is 0 Å². The van der Waals surface area contributed by atoms with Gasteiger partial charge in [0.2, 0.25) is 0 Å². The maximum atomic E-state index is 12.8. The van der Waals surface area contributed by atoms with Crippen LogP contribution >= 0.6 is 22.7 Å². The molecule has 3 amide bonds. The second-order valence-corrected chi connectivity index (χ2v) is 10.1. The highest BCUT2D eigenvalue weighted by molar-refractivity contribution is 7.19. The van der Waals surface area contributed by atoms with E-state index >= 15 is 0 Å². The first-order chi connectivity index (χ1) is 15.1. The summed E-state index contributed by atoms with van der Waals surface area (Å²) in [4.78, 5) is 49.3. The fourth-order valence-corrected chi connectivity index (χ4v) is 4.94. The molecule has 0 saturated carbocycles. The zero-order valence-electron chi connectivity index (χ0n) is 18.5. The Labute approximate surface area is 194 Å². The van der Waals surface area contributed by atoms with E-state index in [1.54, 1.807) is 4.90 Å². The van der Waals surface area contributed by atoms with Crippen molar-refractivity contribution in [3.05, 3.63) is 16.1 Å². The first kappa shape index (κ1) is 24.1. The SMILES string of the molecule is Cc1nc(NC(=O)N(CCC(=O)O)C(C)(C)C)sc1-c1csc(C(=O)N2CCOCC2)n1. The van der Waals surface area contributed by atoms with E-state index in [1.165, 1.54) is 27.6 Å². The average molecular weight is 482 g/mol. The van der Waals surface area contributed by atoms with Gasteiger partial charge in [-0.3, -0.25) is 14.9 Å². The van der Waals surface area contributed by atoms with Crippen molar-refractivity contribution in [2.24, 2.45) is 0 Å². The number of aryl methyl sites for hydroxylation is 1. The van der Waals surface area contributed by atoms with Crippen molar-refractivity contribution in [2.45, 2.75) is 39.7 Å². The van der Waals surface area contributed by atoms with Crippen molar-refractivity contribution >= 4 is 45.7 Å². The van der Waals surface area contributed by atoms with Crippen LogP contribution in [0, 0.1) is 6.92 Å². The first-order valence-corrected chi connectivity index (χ1v) is 11.9. The van der Waals surface area contributed by atoms with Crippen LogP contribution in [0.5, 0.6) is 0 Å². The minimum atomic E-state index is -0.967. The van der Waals surface area contributed by atoms with Crippen LogP contribution in [0.3, 0.4) is 0 Å². The Morgan fingerprint density at radius 1 is 1.25 bits per heavy atom. The Bertz CT molecular complexity index is 991. The number of hydrogen-bond donors (Lipinski definition) is 2. The summed E-state index contributed by atoms with van der Waals surface area (Å²) in [5.74, 6) is -1.08. The minimum absolute atomic E-state index is 0.0843. The summed E-state index contributed by atoms with van der Waals surface area (Å²) in [6.45, 7) is 9.58. The van der Waals surface area contributed by atoms with Gasteiger partial charge in [0.25, 0.3) is 5.91 Å². The molecule has 2 aromatic heterocycles. The van der Waals surface area contributed by atoms with Crippen molar-refractivity contribution in [3.63, 3.8) is 0 Å². The molecular weight excluding hydrogens is 454 g/mol. The molecule has 1 fully saturated rings. The van der Waals surface area contributed by atoms with Gasteiger partial charge in [0.05, 0.1) is 35.9 Å². The number of hydrogen-bond acceptors (Lipinski definition) is 8. The molecule has 1 aliphatic heterocycles. The van der Waals surface area contributed by atoms with E-state index in [-0.39, 0.29) is 18.9 Å². The molecule has 0 radical (unpaired) electrons. The molecule has 0 spiro atoms. The first-order valence-electron chi connectivity index (χ1n) is 10.2. The fraction of sp³-hybridized carbons (Fsp3) is 0.550. The van der Waals surface area contributed by atoms with E-state index in [1.807, 2.05) is 33.1 Å².